The van der Waals surface area contributed by atoms with E-state index >= 15 is 0 Å². The number of nitro benzene ring substituents is 1. The summed E-state index contributed by atoms with van der Waals surface area (Å²) in [6, 6.07) is 13.1. The zero-order valence-corrected chi connectivity index (χ0v) is 12.5. The third-order valence-corrected chi connectivity index (χ3v) is 3.62. The highest BCUT2D eigenvalue weighted by Gasteiger charge is 2.08. The largest absolute Gasteiger partial charge is 0.380 e. The van der Waals surface area contributed by atoms with Crippen molar-refractivity contribution >= 4 is 34.0 Å². The predicted octanol–water partition coefficient (Wildman–Crippen LogP) is 4.12. The van der Waals surface area contributed by atoms with Gasteiger partial charge in [-0.05, 0) is 41.1 Å². The van der Waals surface area contributed by atoms with Gasteiger partial charge in [0.2, 0.25) is 0 Å². The first-order valence-corrected chi connectivity index (χ1v) is 6.87. The molecule has 0 aliphatic rings. The number of hydrogen-bond donors (Lipinski definition) is 1. The quantitative estimate of drug-likeness (QED) is 0.502. The fraction of sp³-hybridized carbons (Fsp3) is 0.143. The average molecular weight is 368 g/mol. The lowest BCUT2D eigenvalue weighted by Crippen LogP contribution is -2.01. The molecule has 98 valence electrons. The fourth-order valence-corrected chi connectivity index (χ4v) is 2.47. The Labute approximate surface area is 125 Å². The van der Waals surface area contributed by atoms with E-state index in [-0.39, 0.29) is 10.6 Å². The average Bonchev–Trinajstić information content (AvgIpc) is 2.37. The third kappa shape index (κ3) is 3.66. The maximum Gasteiger partial charge on any atom is 0.270 e. The normalized spacial score (nSPS) is 10.2. The molecule has 0 aromatic heterocycles. The number of nitrogens with zero attached hydrogens (tertiary/aromatic N) is 1. The molecule has 0 radical (unpaired) electrons. The molecule has 0 bridgehead atoms. The second-order valence-electron chi connectivity index (χ2n) is 4.26. The summed E-state index contributed by atoms with van der Waals surface area (Å²) in [7, 11) is 0. The van der Waals surface area contributed by atoms with E-state index in [1.54, 1.807) is 12.1 Å². The summed E-state index contributed by atoms with van der Waals surface area (Å²) in [4.78, 5) is 10.3. The number of benzene rings is 2. The molecule has 0 unspecified atom stereocenters. The molecule has 0 aliphatic heterocycles. The Kier molecular flexibility index (Phi) is 4.36. The number of nitrogens with one attached hydrogen (secondary N) is 1. The summed E-state index contributed by atoms with van der Waals surface area (Å²) in [5.74, 6) is 0. The summed E-state index contributed by atoms with van der Waals surface area (Å²) < 4.78 is 0.847. The molecular formula is C14H13IN2O2. The molecule has 2 aromatic carbocycles. The summed E-state index contributed by atoms with van der Waals surface area (Å²) in [6.45, 7) is 2.76. The van der Waals surface area contributed by atoms with E-state index in [4.69, 9.17) is 0 Å². The van der Waals surface area contributed by atoms with Gasteiger partial charge in [0.25, 0.3) is 5.69 Å². The number of anilines is 1. The SMILES string of the molecule is Cc1cccc(CNc2ccc([N+](=O)[O-])cc2I)c1. The van der Waals surface area contributed by atoms with Crippen molar-refractivity contribution in [2.75, 3.05) is 5.32 Å². The zero-order chi connectivity index (χ0) is 13.8. The Hall–Kier alpha value is -1.63. The molecule has 0 amide bonds. The van der Waals surface area contributed by atoms with Crippen LogP contribution in [0.2, 0.25) is 0 Å². The van der Waals surface area contributed by atoms with E-state index in [1.165, 1.54) is 17.2 Å². The van der Waals surface area contributed by atoms with Gasteiger partial charge in [-0.2, -0.15) is 0 Å². The van der Waals surface area contributed by atoms with Gasteiger partial charge in [-0.3, -0.25) is 10.1 Å². The molecule has 0 fully saturated rings. The van der Waals surface area contributed by atoms with Gasteiger partial charge in [-0.25, -0.2) is 0 Å². The molecule has 4 nitrogen and oxygen atoms in total. The van der Waals surface area contributed by atoms with Crippen LogP contribution >= 0.6 is 22.6 Å². The molecule has 0 atom stereocenters. The lowest BCUT2D eigenvalue weighted by atomic mass is 10.1. The van der Waals surface area contributed by atoms with Crippen molar-refractivity contribution in [1.82, 2.24) is 0 Å². The summed E-state index contributed by atoms with van der Waals surface area (Å²) in [5.41, 5.74) is 3.44. The van der Waals surface area contributed by atoms with Crippen LogP contribution in [0.25, 0.3) is 0 Å². The van der Waals surface area contributed by atoms with Crippen molar-refractivity contribution in [2.45, 2.75) is 13.5 Å². The van der Waals surface area contributed by atoms with Crippen molar-refractivity contribution in [3.05, 3.63) is 67.3 Å². The maximum absolute atomic E-state index is 10.7. The highest BCUT2D eigenvalue weighted by Crippen LogP contribution is 2.24. The van der Waals surface area contributed by atoms with Crippen LogP contribution in [0.5, 0.6) is 0 Å². The van der Waals surface area contributed by atoms with Crippen molar-refractivity contribution in [2.24, 2.45) is 0 Å². The van der Waals surface area contributed by atoms with E-state index in [1.807, 2.05) is 6.07 Å². The van der Waals surface area contributed by atoms with Gasteiger partial charge in [0.05, 0.1) is 4.92 Å². The first-order valence-electron chi connectivity index (χ1n) is 5.79. The minimum Gasteiger partial charge on any atom is -0.380 e. The maximum atomic E-state index is 10.7. The Balaban J connectivity index is 2.10. The first-order chi connectivity index (χ1) is 9.06. The van der Waals surface area contributed by atoms with Crippen LogP contribution in [-0.4, -0.2) is 4.92 Å². The summed E-state index contributed by atoms with van der Waals surface area (Å²) >= 11 is 2.10. The topological polar surface area (TPSA) is 55.2 Å². The van der Waals surface area contributed by atoms with E-state index in [0.717, 1.165) is 9.26 Å². The van der Waals surface area contributed by atoms with Gasteiger partial charge in [0.1, 0.15) is 0 Å². The van der Waals surface area contributed by atoms with Crippen LogP contribution in [0.1, 0.15) is 11.1 Å². The van der Waals surface area contributed by atoms with Crippen molar-refractivity contribution in [1.29, 1.82) is 0 Å². The molecule has 0 spiro atoms. The molecule has 2 rings (SSSR count). The fourth-order valence-electron chi connectivity index (χ4n) is 1.78. The van der Waals surface area contributed by atoms with Crippen LogP contribution < -0.4 is 5.32 Å². The minimum atomic E-state index is -0.382. The van der Waals surface area contributed by atoms with E-state index in [9.17, 15) is 10.1 Å². The third-order valence-electron chi connectivity index (χ3n) is 2.73. The summed E-state index contributed by atoms with van der Waals surface area (Å²) in [5, 5.41) is 14.0. The van der Waals surface area contributed by atoms with Crippen LogP contribution in [0.4, 0.5) is 11.4 Å². The van der Waals surface area contributed by atoms with Gasteiger partial charge in [-0.15, -0.1) is 0 Å². The minimum absolute atomic E-state index is 0.116. The van der Waals surface area contributed by atoms with Crippen molar-refractivity contribution in [3.8, 4) is 0 Å². The highest BCUT2D eigenvalue weighted by molar-refractivity contribution is 14.1. The second-order valence-corrected chi connectivity index (χ2v) is 5.43. The van der Waals surface area contributed by atoms with Gasteiger partial charge in [-0.1, -0.05) is 29.8 Å². The number of halogens is 1. The van der Waals surface area contributed by atoms with E-state index < -0.39 is 0 Å². The first kappa shape index (κ1) is 13.8. The number of aryl methyl sites for hydroxylation is 1. The van der Waals surface area contributed by atoms with Gasteiger partial charge in [0.15, 0.2) is 0 Å². The Morgan fingerprint density at radius 3 is 2.68 bits per heavy atom. The van der Waals surface area contributed by atoms with E-state index in [0.29, 0.717) is 6.54 Å². The molecule has 2 aromatic rings. The van der Waals surface area contributed by atoms with Gasteiger partial charge in [0, 0.05) is 27.9 Å². The number of hydrogen-bond acceptors (Lipinski definition) is 3. The lowest BCUT2D eigenvalue weighted by molar-refractivity contribution is -0.384. The highest BCUT2D eigenvalue weighted by atomic mass is 127. The summed E-state index contributed by atoms with van der Waals surface area (Å²) in [6.07, 6.45) is 0. The van der Waals surface area contributed by atoms with E-state index in [2.05, 4.69) is 53.0 Å². The standard InChI is InChI=1S/C14H13IN2O2/c1-10-3-2-4-11(7-10)9-16-14-6-5-12(17(18)19)8-13(14)15/h2-8,16H,9H2,1H3. The Morgan fingerprint density at radius 1 is 1.26 bits per heavy atom. The Bertz CT molecular complexity index is 614. The molecule has 5 heteroatoms. The molecule has 0 heterocycles. The van der Waals surface area contributed by atoms with Gasteiger partial charge < -0.3 is 5.32 Å². The monoisotopic (exact) mass is 368 g/mol. The van der Waals surface area contributed by atoms with Crippen LogP contribution in [0.3, 0.4) is 0 Å². The molecule has 1 N–H and O–H groups in total. The lowest BCUT2D eigenvalue weighted by Gasteiger charge is -2.09. The number of nitro groups is 1. The van der Waals surface area contributed by atoms with Crippen LogP contribution in [-0.2, 0) is 6.54 Å². The van der Waals surface area contributed by atoms with Crippen molar-refractivity contribution in [3.63, 3.8) is 0 Å². The predicted molar refractivity (Wildman–Crippen MR) is 84.3 cm³/mol. The number of non-ortho nitro benzene ring substituents is 1. The van der Waals surface area contributed by atoms with Gasteiger partial charge >= 0.3 is 0 Å². The molecule has 0 saturated carbocycles. The van der Waals surface area contributed by atoms with Crippen molar-refractivity contribution < 1.29 is 4.92 Å². The van der Waals surface area contributed by atoms with Crippen LogP contribution in [0, 0.1) is 20.6 Å². The molecule has 0 aliphatic carbocycles. The number of rotatable bonds is 4. The van der Waals surface area contributed by atoms with Crippen LogP contribution in [0.15, 0.2) is 42.5 Å². The smallest absolute Gasteiger partial charge is 0.270 e. The second kappa shape index (κ2) is 6.01. The Morgan fingerprint density at radius 2 is 2.05 bits per heavy atom. The molecule has 0 saturated heterocycles. The molecular weight excluding hydrogens is 355 g/mol. The molecule has 19 heavy (non-hydrogen) atoms. The zero-order valence-electron chi connectivity index (χ0n) is 10.4.